The Balaban J connectivity index is 2.87. The molecule has 2 nitrogen and oxygen atoms in total. The molecular formula is C10H10N2S. The van der Waals surface area contributed by atoms with Crippen LogP contribution in [0.2, 0.25) is 0 Å². The van der Waals surface area contributed by atoms with Gasteiger partial charge in [0.15, 0.2) is 0 Å². The monoisotopic (exact) mass is 190 g/mol. The molecule has 0 amide bonds. The molecule has 0 spiro atoms. The molecule has 1 heterocycles. The van der Waals surface area contributed by atoms with E-state index in [0.717, 1.165) is 10.0 Å². The third-order valence-electron chi connectivity index (χ3n) is 2.05. The highest BCUT2D eigenvalue weighted by atomic mass is 32.1. The summed E-state index contributed by atoms with van der Waals surface area (Å²) in [5.74, 6) is 0. The minimum atomic E-state index is 0.820. The summed E-state index contributed by atoms with van der Waals surface area (Å²) in [5, 5.41) is 2.29. The first-order valence-corrected chi connectivity index (χ1v) is 4.52. The maximum Gasteiger partial charge on any atom is 0.132 e. The van der Waals surface area contributed by atoms with Crippen molar-refractivity contribution >= 4 is 23.0 Å². The van der Waals surface area contributed by atoms with Gasteiger partial charge in [0.2, 0.25) is 0 Å². The lowest BCUT2D eigenvalue weighted by Crippen LogP contribution is -2.09. The van der Waals surface area contributed by atoms with E-state index in [1.165, 1.54) is 5.39 Å². The Morgan fingerprint density at radius 1 is 1.23 bits per heavy atom. The molecule has 0 radical (unpaired) electrons. The van der Waals surface area contributed by atoms with Crippen LogP contribution in [0.5, 0.6) is 0 Å². The minimum absolute atomic E-state index is 0.820. The average Bonchev–Trinajstić information content (AvgIpc) is 2.19. The number of fused-ring (bicyclic) bond motifs is 1. The van der Waals surface area contributed by atoms with Crippen LogP contribution in [-0.4, -0.2) is 11.7 Å². The maximum absolute atomic E-state index is 5.29. The molecule has 0 aliphatic rings. The highest BCUT2D eigenvalue weighted by Gasteiger charge is 1.95. The largest absolute Gasteiger partial charge is 0.328 e. The number of hydrogen-bond donors (Lipinski definition) is 1. The zero-order valence-corrected chi connectivity index (χ0v) is 8.14. The highest BCUT2D eigenvalue weighted by molar-refractivity contribution is 7.71. The van der Waals surface area contributed by atoms with Crippen molar-refractivity contribution in [2.24, 2.45) is 0 Å². The lowest BCUT2D eigenvalue weighted by molar-refractivity contribution is 0.910. The molecule has 0 atom stereocenters. The zero-order chi connectivity index (χ0) is 9.26. The first-order chi connectivity index (χ1) is 6.33. The standard InChI is InChI=1S/C10H10N2S/c1-11-12-7-6-8-4-2-3-5-9(8)10(12)13/h2-7,11H,1H3. The summed E-state index contributed by atoms with van der Waals surface area (Å²) in [6.45, 7) is 0. The average molecular weight is 190 g/mol. The van der Waals surface area contributed by atoms with Gasteiger partial charge < -0.3 is 5.43 Å². The van der Waals surface area contributed by atoms with Crippen LogP contribution in [0.3, 0.4) is 0 Å². The second-order valence-electron chi connectivity index (χ2n) is 2.80. The molecule has 66 valence electrons. The Kier molecular flexibility index (Phi) is 2.02. The Morgan fingerprint density at radius 3 is 2.77 bits per heavy atom. The first-order valence-electron chi connectivity index (χ1n) is 4.11. The molecule has 0 saturated heterocycles. The second-order valence-corrected chi connectivity index (χ2v) is 3.19. The fourth-order valence-corrected chi connectivity index (χ4v) is 1.70. The van der Waals surface area contributed by atoms with E-state index in [2.05, 4.69) is 11.5 Å². The molecule has 13 heavy (non-hydrogen) atoms. The lowest BCUT2D eigenvalue weighted by atomic mass is 10.2. The smallest absolute Gasteiger partial charge is 0.132 e. The number of hydrogen-bond acceptors (Lipinski definition) is 2. The number of nitrogens with one attached hydrogen (secondary N) is 1. The van der Waals surface area contributed by atoms with Gasteiger partial charge in [-0.3, -0.25) is 4.68 Å². The van der Waals surface area contributed by atoms with Gasteiger partial charge in [-0.15, -0.1) is 0 Å². The van der Waals surface area contributed by atoms with E-state index >= 15 is 0 Å². The van der Waals surface area contributed by atoms with Gasteiger partial charge in [-0.05, 0) is 11.5 Å². The molecule has 0 saturated carbocycles. The molecule has 0 unspecified atom stereocenters. The van der Waals surface area contributed by atoms with Crippen LogP contribution in [0.4, 0.5) is 0 Å². The van der Waals surface area contributed by atoms with Crippen LogP contribution in [0, 0.1) is 4.64 Å². The molecule has 0 aliphatic heterocycles. The molecule has 2 rings (SSSR count). The number of rotatable bonds is 1. The van der Waals surface area contributed by atoms with Gasteiger partial charge in [-0.1, -0.05) is 36.5 Å². The van der Waals surface area contributed by atoms with Crippen molar-refractivity contribution in [2.45, 2.75) is 0 Å². The number of benzene rings is 1. The predicted octanol–water partition coefficient (Wildman–Crippen LogP) is 2.54. The van der Waals surface area contributed by atoms with Crippen LogP contribution in [0.1, 0.15) is 0 Å². The Hall–Kier alpha value is -1.35. The van der Waals surface area contributed by atoms with Crippen LogP contribution >= 0.6 is 12.2 Å². The van der Waals surface area contributed by atoms with E-state index in [1.54, 1.807) is 0 Å². The third-order valence-corrected chi connectivity index (χ3v) is 2.47. The Bertz CT molecular complexity index is 487. The van der Waals surface area contributed by atoms with Gasteiger partial charge in [0.25, 0.3) is 0 Å². The van der Waals surface area contributed by atoms with Crippen molar-refractivity contribution in [1.29, 1.82) is 0 Å². The molecule has 0 fully saturated rings. The molecule has 1 aromatic heterocycles. The summed E-state index contributed by atoms with van der Waals surface area (Å²) in [7, 11) is 1.85. The Labute approximate surface area is 81.8 Å². The molecule has 3 heteroatoms. The van der Waals surface area contributed by atoms with E-state index in [1.807, 2.05) is 42.2 Å². The number of aromatic nitrogens is 1. The Morgan fingerprint density at radius 2 is 2.00 bits per heavy atom. The van der Waals surface area contributed by atoms with Crippen molar-refractivity contribution in [1.82, 2.24) is 4.68 Å². The zero-order valence-electron chi connectivity index (χ0n) is 7.32. The lowest BCUT2D eigenvalue weighted by Gasteiger charge is -2.06. The SMILES string of the molecule is CNn1ccc2ccccc2c1=S. The quantitative estimate of drug-likeness (QED) is 0.696. The van der Waals surface area contributed by atoms with Gasteiger partial charge in [-0.2, -0.15) is 0 Å². The molecule has 0 bridgehead atoms. The third kappa shape index (κ3) is 1.31. The van der Waals surface area contributed by atoms with Crippen LogP contribution in [0.15, 0.2) is 36.5 Å². The van der Waals surface area contributed by atoms with Gasteiger partial charge in [-0.25, -0.2) is 0 Å². The van der Waals surface area contributed by atoms with E-state index < -0.39 is 0 Å². The molecular weight excluding hydrogens is 180 g/mol. The van der Waals surface area contributed by atoms with Crippen molar-refractivity contribution in [3.05, 3.63) is 41.2 Å². The summed E-state index contributed by atoms with van der Waals surface area (Å²) in [6, 6.07) is 10.2. The van der Waals surface area contributed by atoms with Crippen LogP contribution in [-0.2, 0) is 0 Å². The van der Waals surface area contributed by atoms with E-state index in [-0.39, 0.29) is 0 Å². The van der Waals surface area contributed by atoms with E-state index in [4.69, 9.17) is 12.2 Å². The van der Waals surface area contributed by atoms with Crippen molar-refractivity contribution in [3.8, 4) is 0 Å². The number of pyridine rings is 1. The van der Waals surface area contributed by atoms with Crippen LogP contribution in [0.25, 0.3) is 10.8 Å². The second kappa shape index (κ2) is 3.18. The predicted molar refractivity (Wildman–Crippen MR) is 58.1 cm³/mol. The van der Waals surface area contributed by atoms with Crippen molar-refractivity contribution in [3.63, 3.8) is 0 Å². The fraction of sp³-hybridized carbons (Fsp3) is 0.100. The van der Waals surface area contributed by atoms with Crippen LogP contribution < -0.4 is 5.43 Å². The fourth-order valence-electron chi connectivity index (χ4n) is 1.37. The van der Waals surface area contributed by atoms with E-state index in [0.29, 0.717) is 0 Å². The van der Waals surface area contributed by atoms with Crippen molar-refractivity contribution < 1.29 is 0 Å². The van der Waals surface area contributed by atoms with Crippen molar-refractivity contribution in [2.75, 3.05) is 12.5 Å². The molecule has 2 aromatic rings. The summed E-state index contributed by atoms with van der Waals surface area (Å²) >= 11 is 5.29. The summed E-state index contributed by atoms with van der Waals surface area (Å²) in [4.78, 5) is 0. The summed E-state index contributed by atoms with van der Waals surface area (Å²) < 4.78 is 2.65. The van der Waals surface area contributed by atoms with Gasteiger partial charge in [0.1, 0.15) is 4.64 Å². The first kappa shape index (κ1) is 8.26. The van der Waals surface area contributed by atoms with Gasteiger partial charge >= 0.3 is 0 Å². The summed E-state index contributed by atoms with van der Waals surface area (Å²) in [5.41, 5.74) is 3.00. The summed E-state index contributed by atoms with van der Waals surface area (Å²) in [6.07, 6.45) is 1.94. The molecule has 1 N–H and O–H groups in total. The topological polar surface area (TPSA) is 17.0 Å². The normalized spacial score (nSPS) is 10.2. The van der Waals surface area contributed by atoms with E-state index in [9.17, 15) is 0 Å². The van der Waals surface area contributed by atoms with Gasteiger partial charge in [0, 0.05) is 18.6 Å². The highest BCUT2D eigenvalue weighted by Crippen LogP contribution is 2.13. The molecule has 1 aromatic carbocycles. The number of nitrogens with zero attached hydrogens (tertiary/aromatic N) is 1. The maximum atomic E-state index is 5.29. The van der Waals surface area contributed by atoms with Gasteiger partial charge in [0.05, 0.1) is 0 Å². The minimum Gasteiger partial charge on any atom is -0.328 e. The molecule has 0 aliphatic carbocycles.